The van der Waals surface area contributed by atoms with E-state index in [9.17, 15) is 9.59 Å². The zero-order valence-corrected chi connectivity index (χ0v) is 16.0. The molecular formula is C19H22BrN3O2. The highest BCUT2D eigenvalue weighted by atomic mass is 79.9. The van der Waals surface area contributed by atoms with E-state index >= 15 is 0 Å². The van der Waals surface area contributed by atoms with E-state index in [1.807, 2.05) is 54.9 Å². The summed E-state index contributed by atoms with van der Waals surface area (Å²) in [6.45, 7) is 4.68. The summed E-state index contributed by atoms with van der Waals surface area (Å²) in [5.41, 5.74) is 2.42. The average Bonchev–Trinajstić information content (AvgIpc) is 3.37. The van der Waals surface area contributed by atoms with Crippen LogP contribution in [0.2, 0.25) is 0 Å². The molecule has 0 aliphatic heterocycles. The van der Waals surface area contributed by atoms with Crippen molar-refractivity contribution in [1.82, 2.24) is 9.88 Å². The molecule has 2 N–H and O–H groups in total. The lowest BCUT2D eigenvalue weighted by molar-refractivity contribution is -0.117. The summed E-state index contributed by atoms with van der Waals surface area (Å²) in [6.07, 6.45) is 3.88. The first-order valence-electron chi connectivity index (χ1n) is 8.55. The van der Waals surface area contributed by atoms with E-state index < -0.39 is 0 Å². The van der Waals surface area contributed by atoms with E-state index in [4.69, 9.17) is 0 Å². The number of carbonyl (C=O) groups excluding carboxylic acids is 2. The molecule has 1 heterocycles. The van der Waals surface area contributed by atoms with Crippen molar-refractivity contribution in [3.05, 3.63) is 52.3 Å². The minimum absolute atomic E-state index is 0.0972. The van der Waals surface area contributed by atoms with Gasteiger partial charge in [0.05, 0.1) is 6.04 Å². The largest absolute Gasteiger partial charge is 0.344 e. The van der Waals surface area contributed by atoms with Crippen molar-refractivity contribution in [1.29, 1.82) is 0 Å². The van der Waals surface area contributed by atoms with Crippen LogP contribution in [0.4, 0.5) is 5.69 Å². The molecule has 1 aromatic carbocycles. The molecule has 1 aromatic heterocycles. The van der Waals surface area contributed by atoms with Crippen LogP contribution in [0.1, 0.15) is 48.8 Å². The van der Waals surface area contributed by atoms with Crippen molar-refractivity contribution < 1.29 is 9.59 Å². The Labute approximate surface area is 155 Å². The minimum Gasteiger partial charge on any atom is -0.344 e. The third-order valence-electron chi connectivity index (χ3n) is 4.41. The number of hydrogen-bond donors (Lipinski definition) is 2. The van der Waals surface area contributed by atoms with Crippen molar-refractivity contribution >= 4 is 33.4 Å². The van der Waals surface area contributed by atoms with Crippen LogP contribution in [-0.4, -0.2) is 16.4 Å². The Balaban J connectivity index is 1.63. The Morgan fingerprint density at radius 2 is 1.96 bits per heavy atom. The predicted molar refractivity (Wildman–Crippen MR) is 101 cm³/mol. The second-order valence-electron chi connectivity index (χ2n) is 6.41. The lowest BCUT2D eigenvalue weighted by atomic mass is 10.1. The summed E-state index contributed by atoms with van der Waals surface area (Å²) in [5.74, 6) is 0.179. The van der Waals surface area contributed by atoms with Crippen LogP contribution in [0.15, 0.2) is 41.0 Å². The van der Waals surface area contributed by atoms with Crippen LogP contribution in [0, 0.1) is 5.92 Å². The molecule has 0 bridgehead atoms. The molecule has 0 spiro atoms. The Bertz CT molecular complexity index is 778. The van der Waals surface area contributed by atoms with Gasteiger partial charge in [0.1, 0.15) is 5.69 Å². The number of rotatable bonds is 6. The monoisotopic (exact) mass is 403 g/mol. The van der Waals surface area contributed by atoms with Gasteiger partial charge in [-0.3, -0.25) is 9.59 Å². The molecule has 1 saturated carbocycles. The van der Waals surface area contributed by atoms with Gasteiger partial charge in [-0.15, -0.1) is 0 Å². The molecule has 1 aliphatic rings. The maximum absolute atomic E-state index is 12.5. The van der Waals surface area contributed by atoms with Crippen LogP contribution < -0.4 is 10.6 Å². The van der Waals surface area contributed by atoms with E-state index in [0.717, 1.165) is 35.1 Å². The topological polar surface area (TPSA) is 63.1 Å². The van der Waals surface area contributed by atoms with Crippen LogP contribution in [0.5, 0.6) is 0 Å². The lowest BCUT2D eigenvalue weighted by Gasteiger charge is -2.16. The molecule has 5 nitrogen and oxygen atoms in total. The fraction of sp³-hybridized carbons (Fsp3) is 0.368. The summed E-state index contributed by atoms with van der Waals surface area (Å²) in [4.78, 5) is 24.3. The summed E-state index contributed by atoms with van der Waals surface area (Å²) in [6, 6.07) is 9.32. The molecule has 2 amide bonds. The molecule has 25 heavy (non-hydrogen) atoms. The Morgan fingerprint density at radius 1 is 1.28 bits per heavy atom. The van der Waals surface area contributed by atoms with E-state index in [1.165, 1.54) is 0 Å². The molecule has 3 rings (SSSR count). The first-order valence-corrected chi connectivity index (χ1v) is 9.34. The van der Waals surface area contributed by atoms with E-state index in [2.05, 4.69) is 26.6 Å². The van der Waals surface area contributed by atoms with Gasteiger partial charge in [-0.25, -0.2) is 0 Å². The van der Waals surface area contributed by atoms with Gasteiger partial charge >= 0.3 is 0 Å². The number of halogens is 1. The molecule has 1 aliphatic carbocycles. The predicted octanol–water partition coefficient (Wildman–Crippen LogP) is 4.11. The minimum atomic E-state index is -0.125. The van der Waals surface area contributed by atoms with Gasteiger partial charge in [0.2, 0.25) is 5.91 Å². The Kier molecular flexibility index (Phi) is 5.27. The smallest absolute Gasteiger partial charge is 0.268 e. The van der Waals surface area contributed by atoms with Gasteiger partial charge in [0, 0.05) is 28.8 Å². The Morgan fingerprint density at radius 3 is 2.56 bits per heavy atom. The molecule has 1 atom stereocenters. The summed E-state index contributed by atoms with van der Waals surface area (Å²) < 4.78 is 2.80. The first-order chi connectivity index (χ1) is 12.0. The van der Waals surface area contributed by atoms with Gasteiger partial charge in [0.15, 0.2) is 0 Å². The van der Waals surface area contributed by atoms with Crippen molar-refractivity contribution in [2.75, 3.05) is 5.32 Å². The third kappa shape index (κ3) is 4.31. The highest BCUT2D eigenvalue weighted by Crippen LogP contribution is 2.30. The molecule has 0 radical (unpaired) electrons. The number of aromatic nitrogens is 1. The SMILES string of the molecule is CCn1cc(Br)cc1C(=O)NC(C)c1ccc(NC(=O)C2CC2)cc1. The van der Waals surface area contributed by atoms with Crippen LogP contribution in [-0.2, 0) is 11.3 Å². The molecule has 0 saturated heterocycles. The van der Waals surface area contributed by atoms with Gasteiger partial charge in [-0.05, 0) is 66.4 Å². The molecule has 1 fully saturated rings. The van der Waals surface area contributed by atoms with Crippen LogP contribution >= 0.6 is 15.9 Å². The van der Waals surface area contributed by atoms with Gasteiger partial charge in [0.25, 0.3) is 5.91 Å². The summed E-state index contributed by atoms with van der Waals surface area (Å²) in [5, 5.41) is 5.94. The molecule has 2 aromatic rings. The average molecular weight is 404 g/mol. The fourth-order valence-electron chi connectivity index (χ4n) is 2.73. The number of hydrogen-bond acceptors (Lipinski definition) is 2. The number of nitrogens with one attached hydrogen (secondary N) is 2. The maximum atomic E-state index is 12.5. The number of carbonyl (C=O) groups is 2. The molecular weight excluding hydrogens is 382 g/mol. The molecule has 6 heteroatoms. The van der Waals surface area contributed by atoms with E-state index in [1.54, 1.807) is 0 Å². The van der Waals surface area contributed by atoms with Gasteiger partial charge < -0.3 is 15.2 Å². The molecule has 132 valence electrons. The highest BCUT2D eigenvalue weighted by molar-refractivity contribution is 9.10. The summed E-state index contributed by atoms with van der Waals surface area (Å²) >= 11 is 3.41. The van der Waals surface area contributed by atoms with E-state index in [-0.39, 0.29) is 23.8 Å². The zero-order chi connectivity index (χ0) is 18.0. The number of aryl methyl sites for hydroxylation is 1. The number of amides is 2. The fourth-order valence-corrected chi connectivity index (χ4v) is 3.19. The second kappa shape index (κ2) is 7.44. The van der Waals surface area contributed by atoms with Crippen LogP contribution in [0.3, 0.4) is 0 Å². The summed E-state index contributed by atoms with van der Waals surface area (Å²) in [7, 11) is 0. The quantitative estimate of drug-likeness (QED) is 0.761. The van der Waals surface area contributed by atoms with Crippen molar-refractivity contribution in [3.63, 3.8) is 0 Å². The van der Waals surface area contributed by atoms with Crippen molar-refractivity contribution in [2.24, 2.45) is 5.92 Å². The Hall–Kier alpha value is -2.08. The normalized spacial score (nSPS) is 14.8. The third-order valence-corrected chi connectivity index (χ3v) is 4.84. The van der Waals surface area contributed by atoms with Crippen molar-refractivity contribution in [3.8, 4) is 0 Å². The van der Waals surface area contributed by atoms with Crippen LogP contribution in [0.25, 0.3) is 0 Å². The number of anilines is 1. The maximum Gasteiger partial charge on any atom is 0.268 e. The van der Waals surface area contributed by atoms with Gasteiger partial charge in [-0.2, -0.15) is 0 Å². The zero-order valence-electron chi connectivity index (χ0n) is 14.4. The molecule has 1 unspecified atom stereocenters. The van der Waals surface area contributed by atoms with Crippen molar-refractivity contribution in [2.45, 2.75) is 39.3 Å². The lowest BCUT2D eigenvalue weighted by Crippen LogP contribution is -2.28. The number of benzene rings is 1. The number of nitrogens with zero attached hydrogens (tertiary/aromatic N) is 1. The van der Waals surface area contributed by atoms with E-state index in [0.29, 0.717) is 5.69 Å². The van der Waals surface area contributed by atoms with Gasteiger partial charge in [-0.1, -0.05) is 12.1 Å². The first kappa shape index (κ1) is 17.7. The standard InChI is InChI=1S/C19H22BrN3O2/c1-3-23-11-15(20)10-17(23)19(25)21-12(2)13-6-8-16(9-7-13)22-18(24)14-4-5-14/h6-12,14H,3-5H2,1-2H3,(H,21,25)(H,22,24). The second-order valence-corrected chi connectivity index (χ2v) is 7.33. The highest BCUT2D eigenvalue weighted by Gasteiger charge is 2.29.